The Hall–Kier alpha value is -1.58. The number of fused-ring (bicyclic) bond motifs is 1. The van der Waals surface area contributed by atoms with Crippen LogP contribution in [0.4, 0.5) is 0 Å². The summed E-state index contributed by atoms with van der Waals surface area (Å²) in [6.45, 7) is 6.06. The molecule has 80 valence electrons. The van der Waals surface area contributed by atoms with Crippen molar-refractivity contribution in [2.75, 3.05) is 0 Å². The molecule has 0 atom stereocenters. The van der Waals surface area contributed by atoms with Crippen molar-refractivity contribution in [3.8, 4) is 0 Å². The van der Waals surface area contributed by atoms with E-state index in [9.17, 15) is 4.79 Å². The van der Waals surface area contributed by atoms with Crippen LogP contribution in [-0.2, 0) is 12.8 Å². The van der Waals surface area contributed by atoms with Gasteiger partial charge in [-0.2, -0.15) is 0 Å². The zero-order valence-electron chi connectivity index (χ0n) is 9.29. The highest BCUT2D eigenvalue weighted by molar-refractivity contribution is 5.49. The first-order valence-corrected chi connectivity index (χ1v) is 5.27. The molecule has 0 saturated carbocycles. The van der Waals surface area contributed by atoms with Crippen LogP contribution in [0.5, 0.6) is 0 Å². The average Bonchev–Trinajstić information content (AvgIpc) is 2.56. The van der Waals surface area contributed by atoms with E-state index in [1.807, 2.05) is 13.8 Å². The van der Waals surface area contributed by atoms with E-state index < -0.39 is 0 Å². The van der Waals surface area contributed by atoms with E-state index in [0.29, 0.717) is 0 Å². The fraction of sp³-hybridized carbons (Fsp3) is 0.455. The van der Waals surface area contributed by atoms with Crippen LogP contribution in [0.1, 0.15) is 30.8 Å². The maximum atomic E-state index is 11.7. The highest BCUT2D eigenvalue weighted by Gasteiger charge is 2.09. The summed E-state index contributed by atoms with van der Waals surface area (Å²) in [6, 6.07) is 1.59. The molecule has 0 unspecified atom stereocenters. The first kappa shape index (κ1) is 9.96. The summed E-state index contributed by atoms with van der Waals surface area (Å²) in [4.78, 5) is 16.2. The summed E-state index contributed by atoms with van der Waals surface area (Å²) in [5, 5.41) is 3.07. The SMILES string of the molecule is CCc1cc(=O)n2[nH]c(CC)c(C)c2n1. The summed E-state index contributed by atoms with van der Waals surface area (Å²) in [7, 11) is 0. The Labute approximate surface area is 87.9 Å². The summed E-state index contributed by atoms with van der Waals surface area (Å²) < 4.78 is 1.52. The van der Waals surface area contributed by atoms with E-state index in [4.69, 9.17) is 0 Å². The van der Waals surface area contributed by atoms with E-state index in [1.54, 1.807) is 6.07 Å². The van der Waals surface area contributed by atoms with E-state index in [2.05, 4.69) is 17.0 Å². The predicted octanol–water partition coefficient (Wildman–Crippen LogP) is 1.46. The second kappa shape index (κ2) is 3.53. The van der Waals surface area contributed by atoms with Crippen molar-refractivity contribution >= 4 is 5.65 Å². The van der Waals surface area contributed by atoms with Gasteiger partial charge in [0.15, 0.2) is 5.65 Å². The van der Waals surface area contributed by atoms with Crippen LogP contribution >= 0.6 is 0 Å². The number of rotatable bonds is 2. The van der Waals surface area contributed by atoms with Crippen LogP contribution in [-0.4, -0.2) is 14.6 Å². The van der Waals surface area contributed by atoms with E-state index in [1.165, 1.54) is 4.52 Å². The van der Waals surface area contributed by atoms with Crippen molar-refractivity contribution < 1.29 is 0 Å². The number of aromatic amines is 1. The second-order valence-corrected chi connectivity index (χ2v) is 3.67. The fourth-order valence-electron chi connectivity index (χ4n) is 1.77. The molecular weight excluding hydrogens is 190 g/mol. The van der Waals surface area contributed by atoms with Gasteiger partial charge in [0.1, 0.15) is 0 Å². The molecule has 2 rings (SSSR count). The van der Waals surface area contributed by atoms with E-state index >= 15 is 0 Å². The molecule has 2 aromatic heterocycles. The van der Waals surface area contributed by atoms with Gasteiger partial charge in [0.05, 0.1) is 0 Å². The molecule has 0 spiro atoms. The van der Waals surface area contributed by atoms with E-state index in [0.717, 1.165) is 35.4 Å². The van der Waals surface area contributed by atoms with Crippen LogP contribution in [0.15, 0.2) is 10.9 Å². The molecule has 2 aromatic rings. The smallest absolute Gasteiger partial charge is 0.272 e. The molecule has 0 aromatic carbocycles. The van der Waals surface area contributed by atoms with Gasteiger partial charge >= 0.3 is 0 Å². The average molecular weight is 205 g/mol. The van der Waals surface area contributed by atoms with Crippen LogP contribution in [0.2, 0.25) is 0 Å². The lowest BCUT2D eigenvalue weighted by atomic mass is 10.2. The molecule has 1 N–H and O–H groups in total. The lowest BCUT2D eigenvalue weighted by Crippen LogP contribution is -2.15. The summed E-state index contributed by atoms with van der Waals surface area (Å²) in [5.74, 6) is 0. The third kappa shape index (κ3) is 1.46. The molecule has 0 amide bonds. The van der Waals surface area contributed by atoms with Crippen molar-refractivity contribution in [2.24, 2.45) is 0 Å². The van der Waals surface area contributed by atoms with Crippen LogP contribution in [0, 0.1) is 6.92 Å². The molecule has 0 aliphatic rings. The quantitative estimate of drug-likeness (QED) is 0.806. The maximum Gasteiger partial charge on any atom is 0.272 e. The van der Waals surface area contributed by atoms with Crippen LogP contribution in [0.25, 0.3) is 5.65 Å². The fourth-order valence-corrected chi connectivity index (χ4v) is 1.77. The number of hydrogen-bond donors (Lipinski definition) is 1. The molecule has 2 heterocycles. The van der Waals surface area contributed by atoms with Gasteiger partial charge in [-0.05, 0) is 19.8 Å². The van der Waals surface area contributed by atoms with Gasteiger partial charge in [-0.25, -0.2) is 9.50 Å². The molecule has 0 radical (unpaired) electrons. The zero-order valence-corrected chi connectivity index (χ0v) is 9.29. The largest absolute Gasteiger partial charge is 0.293 e. The summed E-state index contributed by atoms with van der Waals surface area (Å²) in [6.07, 6.45) is 1.67. The zero-order chi connectivity index (χ0) is 11.0. The van der Waals surface area contributed by atoms with Gasteiger partial charge in [0.2, 0.25) is 0 Å². The Bertz CT molecular complexity index is 551. The molecule has 4 heteroatoms. The number of aryl methyl sites for hydroxylation is 3. The Morgan fingerprint density at radius 1 is 1.40 bits per heavy atom. The first-order chi connectivity index (χ1) is 7.17. The van der Waals surface area contributed by atoms with Gasteiger partial charge in [0.25, 0.3) is 5.56 Å². The lowest BCUT2D eigenvalue weighted by molar-refractivity contribution is 0.844. The molecule has 0 saturated heterocycles. The van der Waals surface area contributed by atoms with Crippen molar-refractivity contribution in [2.45, 2.75) is 33.6 Å². The Morgan fingerprint density at radius 2 is 2.13 bits per heavy atom. The molecule has 0 fully saturated rings. The first-order valence-electron chi connectivity index (χ1n) is 5.27. The third-order valence-electron chi connectivity index (χ3n) is 2.72. The minimum Gasteiger partial charge on any atom is -0.293 e. The topological polar surface area (TPSA) is 50.2 Å². The Kier molecular flexibility index (Phi) is 2.34. The van der Waals surface area contributed by atoms with Crippen molar-refractivity contribution in [1.82, 2.24) is 14.6 Å². The van der Waals surface area contributed by atoms with Crippen molar-refractivity contribution in [1.29, 1.82) is 0 Å². The number of H-pyrrole nitrogens is 1. The van der Waals surface area contributed by atoms with Crippen molar-refractivity contribution in [3.63, 3.8) is 0 Å². The molecule has 0 aliphatic heterocycles. The standard InChI is InChI=1S/C11H15N3O/c1-4-8-6-10(15)14-11(12-8)7(3)9(5-2)13-14/h6,13H,4-5H2,1-3H3. The maximum absolute atomic E-state index is 11.7. The van der Waals surface area contributed by atoms with Gasteiger partial charge < -0.3 is 0 Å². The lowest BCUT2D eigenvalue weighted by Gasteiger charge is -1.96. The Morgan fingerprint density at radius 3 is 2.73 bits per heavy atom. The van der Waals surface area contributed by atoms with Gasteiger partial charge in [-0.15, -0.1) is 0 Å². The Balaban J connectivity index is 2.83. The molecular formula is C11H15N3O. The summed E-state index contributed by atoms with van der Waals surface area (Å²) >= 11 is 0. The molecule has 4 nitrogen and oxygen atoms in total. The number of nitrogens with zero attached hydrogens (tertiary/aromatic N) is 2. The van der Waals surface area contributed by atoms with Gasteiger partial charge in [0, 0.05) is 23.0 Å². The number of nitrogens with one attached hydrogen (secondary N) is 1. The second-order valence-electron chi connectivity index (χ2n) is 3.67. The normalized spacial score (nSPS) is 11.1. The molecule has 0 aliphatic carbocycles. The van der Waals surface area contributed by atoms with Gasteiger partial charge in [-0.1, -0.05) is 13.8 Å². The highest BCUT2D eigenvalue weighted by atomic mass is 16.1. The molecule has 0 bridgehead atoms. The van der Waals surface area contributed by atoms with Crippen LogP contribution < -0.4 is 5.56 Å². The minimum absolute atomic E-state index is 0.0281. The van der Waals surface area contributed by atoms with E-state index in [-0.39, 0.29) is 5.56 Å². The predicted molar refractivity (Wildman–Crippen MR) is 59.3 cm³/mol. The minimum atomic E-state index is -0.0281. The summed E-state index contributed by atoms with van der Waals surface area (Å²) in [5.41, 5.74) is 3.73. The third-order valence-corrected chi connectivity index (χ3v) is 2.72. The monoisotopic (exact) mass is 205 g/mol. The number of aromatic nitrogens is 3. The molecule has 15 heavy (non-hydrogen) atoms. The highest BCUT2D eigenvalue weighted by Crippen LogP contribution is 2.11. The van der Waals surface area contributed by atoms with Crippen LogP contribution in [0.3, 0.4) is 0 Å². The van der Waals surface area contributed by atoms with Gasteiger partial charge in [-0.3, -0.25) is 9.89 Å². The van der Waals surface area contributed by atoms with Crippen molar-refractivity contribution in [3.05, 3.63) is 33.4 Å². The number of hydrogen-bond acceptors (Lipinski definition) is 2.